The molecular formula is C10H7BrN2O2S. The Kier molecular flexibility index (Phi) is 3.02. The molecule has 0 spiro atoms. The summed E-state index contributed by atoms with van der Waals surface area (Å²) >= 11 is 4.65. The van der Waals surface area contributed by atoms with Crippen molar-refractivity contribution < 1.29 is 9.90 Å². The third kappa shape index (κ3) is 1.98. The van der Waals surface area contributed by atoms with Crippen LogP contribution in [0.4, 0.5) is 0 Å². The number of carbonyl (C=O) groups is 1. The SMILES string of the molecule is Cc1cscc1-c1ncc(Br)c(C(=O)O)n1. The minimum Gasteiger partial charge on any atom is -0.476 e. The number of hydrogen-bond acceptors (Lipinski definition) is 4. The molecule has 0 saturated heterocycles. The second kappa shape index (κ2) is 4.31. The zero-order valence-electron chi connectivity index (χ0n) is 8.27. The van der Waals surface area contributed by atoms with Gasteiger partial charge >= 0.3 is 5.97 Å². The number of carboxylic acid groups (broad SMARTS) is 1. The van der Waals surface area contributed by atoms with Gasteiger partial charge in [-0.1, -0.05) is 0 Å². The van der Waals surface area contributed by atoms with Gasteiger partial charge < -0.3 is 5.11 Å². The molecule has 2 rings (SSSR count). The van der Waals surface area contributed by atoms with Crippen LogP contribution in [0.1, 0.15) is 16.1 Å². The molecule has 0 fully saturated rings. The molecule has 1 N–H and O–H groups in total. The Labute approximate surface area is 104 Å². The molecule has 2 aromatic heterocycles. The monoisotopic (exact) mass is 298 g/mol. The van der Waals surface area contributed by atoms with Crippen molar-refractivity contribution in [2.75, 3.05) is 0 Å². The lowest BCUT2D eigenvalue weighted by atomic mass is 10.2. The van der Waals surface area contributed by atoms with E-state index in [0.717, 1.165) is 11.1 Å². The molecule has 0 radical (unpaired) electrons. The molecule has 0 amide bonds. The molecule has 0 aliphatic carbocycles. The summed E-state index contributed by atoms with van der Waals surface area (Å²) in [6.07, 6.45) is 1.46. The predicted molar refractivity (Wildman–Crippen MR) is 64.7 cm³/mol. The van der Waals surface area contributed by atoms with Gasteiger partial charge in [0, 0.05) is 17.1 Å². The van der Waals surface area contributed by atoms with Crippen molar-refractivity contribution in [3.8, 4) is 11.4 Å². The number of thiophene rings is 1. The number of rotatable bonds is 2. The van der Waals surface area contributed by atoms with Crippen LogP contribution in [0, 0.1) is 6.92 Å². The average molecular weight is 299 g/mol. The van der Waals surface area contributed by atoms with Crippen LogP contribution in [-0.2, 0) is 0 Å². The molecule has 6 heteroatoms. The molecule has 0 aromatic carbocycles. The van der Waals surface area contributed by atoms with E-state index in [9.17, 15) is 4.79 Å². The summed E-state index contributed by atoms with van der Waals surface area (Å²) in [7, 11) is 0. The molecule has 82 valence electrons. The van der Waals surface area contributed by atoms with E-state index in [-0.39, 0.29) is 5.69 Å². The molecule has 4 nitrogen and oxygen atoms in total. The van der Waals surface area contributed by atoms with Gasteiger partial charge in [-0.05, 0) is 33.8 Å². The zero-order valence-corrected chi connectivity index (χ0v) is 10.7. The van der Waals surface area contributed by atoms with Crippen molar-refractivity contribution in [3.63, 3.8) is 0 Å². The first kappa shape index (κ1) is 11.2. The number of hydrogen-bond donors (Lipinski definition) is 1. The maximum Gasteiger partial charge on any atom is 0.355 e. The summed E-state index contributed by atoms with van der Waals surface area (Å²) in [5.74, 6) is -0.622. The number of carboxylic acids is 1. The van der Waals surface area contributed by atoms with E-state index in [1.807, 2.05) is 17.7 Å². The molecule has 16 heavy (non-hydrogen) atoms. The van der Waals surface area contributed by atoms with Crippen LogP contribution in [-0.4, -0.2) is 21.0 Å². The van der Waals surface area contributed by atoms with Gasteiger partial charge in [0.05, 0.1) is 4.47 Å². The summed E-state index contributed by atoms with van der Waals surface area (Å²) in [5, 5.41) is 12.8. The van der Waals surface area contributed by atoms with E-state index in [1.165, 1.54) is 6.20 Å². The van der Waals surface area contributed by atoms with Gasteiger partial charge in [-0.25, -0.2) is 14.8 Å². The summed E-state index contributed by atoms with van der Waals surface area (Å²) in [6, 6.07) is 0. The van der Waals surface area contributed by atoms with Crippen molar-refractivity contribution in [2.24, 2.45) is 0 Å². The Morgan fingerprint density at radius 2 is 2.25 bits per heavy atom. The van der Waals surface area contributed by atoms with Gasteiger partial charge in [0.15, 0.2) is 11.5 Å². The standard InChI is InChI=1S/C10H7BrN2O2S/c1-5-3-16-4-6(5)9-12-2-7(11)8(13-9)10(14)15/h2-4H,1H3,(H,14,15). The summed E-state index contributed by atoms with van der Waals surface area (Å²) in [5.41, 5.74) is 1.90. The Balaban J connectivity index is 2.56. The van der Waals surface area contributed by atoms with Gasteiger partial charge in [-0.15, -0.1) is 0 Å². The second-order valence-corrected chi connectivity index (χ2v) is 4.76. The Morgan fingerprint density at radius 1 is 1.50 bits per heavy atom. The first-order valence-corrected chi connectivity index (χ1v) is 6.12. The van der Waals surface area contributed by atoms with Crippen LogP contribution in [0.3, 0.4) is 0 Å². The lowest BCUT2D eigenvalue weighted by Crippen LogP contribution is -2.04. The van der Waals surface area contributed by atoms with Crippen LogP contribution in [0.25, 0.3) is 11.4 Å². The number of halogens is 1. The maximum atomic E-state index is 10.9. The predicted octanol–water partition coefficient (Wildman–Crippen LogP) is 2.97. The van der Waals surface area contributed by atoms with E-state index in [0.29, 0.717) is 10.3 Å². The Bertz CT molecular complexity index is 554. The Morgan fingerprint density at radius 3 is 2.81 bits per heavy atom. The highest BCUT2D eigenvalue weighted by atomic mass is 79.9. The fraction of sp³-hybridized carbons (Fsp3) is 0.100. The van der Waals surface area contributed by atoms with Gasteiger partial charge in [0.1, 0.15) is 0 Å². The van der Waals surface area contributed by atoms with Gasteiger partial charge in [0.25, 0.3) is 0 Å². The highest BCUT2D eigenvalue weighted by Crippen LogP contribution is 2.25. The van der Waals surface area contributed by atoms with E-state index in [2.05, 4.69) is 25.9 Å². The summed E-state index contributed by atoms with van der Waals surface area (Å²) < 4.78 is 0.386. The van der Waals surface area contributed by atoms with E-state index >= 15 is 0 Å². The lowest BCUT2D eigenvalue weighted by molar-refractivity contribution is 0.0689. The van der Waals surface area contributed by atoms with Crippen LogP contribution < -0.4 is 0 Å². The van der Waals surface area contributed by atoms with Crippen molar-refractivity contribution in [1.82, 2.24) is 9.97 Å². The van der Waals surface area contributed by atoms with Gasteiger partial charge in [-0.2, -0.15) is 11.3 Å². The van der Waals surface area contributed by atoms with Gasteiger partial charge in [0.2, 0.25) is 0 Å². The van der Waals surface area contributed by atoms with Crippen LogP contribution in [0.15, 0.2) is 21.4 Å². The molecule has 0 aliphatic rings. The molecular weight excluding hydrogens is 292 g/mol. The number of aromatic carboxylic acids is 1. The fourth-order valence-corrected chi connectivity index (χ4v) is 2.42. The maximum absolute atomic E-state index is 10.9. The topological polar surface area (TPSA) is 63.1 Å². The highest BCUT2D eigenvalue weighted by molar-refractivity contribution is 9.10. The molecule has 0 bridgehead atoms. The lowest BCUT2D eigenvalue weighted by Gasteiger charge is -2.02. The number of aromatic nitrogens is 2. The molecule has 2 heterocycles. The second-order valence-electron chi connectivity index (χ2n) is 3.16. The smallest absolute Gasteiger partial charge is 0.355 e. The number of aryl methyl sites for hydroxylation is 1. The van der Waals surface area contributed by atoms with Crippen molar-refractivity contribution >= 4 is 33.2 Å². The van der Waals surface area contributed by atoms with Crippen LogP contribution >= 0.6 is 27.3 Å². The van der Waals surface area contributed by atoms with Gasteiger partial charge in [-0.3, -0.25) is 0 Å². The fourth-order valence-electron chi connectivity index (χ4n) is 1.24. The van der Waals surface area contributed by atoms with E-state index < -0.39 is 5.97 Å². The van der Waals surface area contributed by atoms with Crippen molar-refractivity contribution in [2.45, 2.75) is 6.92 Å². The molecule has 0 saturated carbocycles. The first-order chi connectivity index (χ1) is 7.59. The molecule has 2 aromatic rings. The number of nitrogens with zero attached hydrogens (tertiary/aromatic N) is 2. The summed E-state index contributed by atoms with van der Waals surface area (Å²) in [6.45, 7) is 1.94. The van der Waals surface area contributed by atoms with Crippen LogP contribution in [0.2, 0.25) is 0 Å². The molecule has 0 unspecified atom stereocenters. The normalized spacial score (nSPS) is 10.4. The average Bonchev–Trinajstić information content (AvgIpc) is 2.65. The van der Waals surface area contributed by atoms with Crippen molar-refractivity contribution in [3.05, 3.63) is 32.7 Å². The quantitative estimate of drug-likeness (QED) is 0.926. The third-order valence-electron chi connectivity index (χ3n) is 2.04. The highest BCUT2D eigenvalue weighted by Gasteiger charge is 2.14. The molecule has 0 atom stereocenters. The molecule has 0 aliphatic heterocycles. The van der Waals surface area contributed by atoms with Crippen LogP contribution in [0.5, 0.6) is 0 Å². The minimum absolute atomic E-state index is 0.0180. The summed E-state index contributed by atoms with van der Waals surface area (Å²) in [4.78, 5) is 19.0. The van der Waals surface area contributed by atoms with Crippen molar-refractivity contribution in [1.29, 1.82) is 0 Å². The third-order valence-corrected chi connectivity index (χ3v) is 3.48. The largest absolute Gasteiger partial charge is 0.476 e. The minimum atomic E-state index is -1.07. The van der Waals surface area contributed by atoms with E-state index in [4.69, 9.17) is 5.11 Å². The zero-order chi connectivity index (χ0) is 11.7. The first-order valence-electron chi connectivity index (χ1n) is 4.38. The Hall–Kier alpha value is -1.27. The van der Waals surface area contributed by atoms with E-state index in [1.54, 1.807) is 11.3 Å².